The predicted octanol–water partition coefficient (Wildman–Crippen LogP) is 3.00. The molecular formula is C14H27NO2. The van der Waals surface area contributed by atoms with Gasteiger partial charge in [-0.2, -0.15) is 0 Å². The third-order valence-corrected chi connectivity index (χ3v) is 4.56. The number of carboxylic acids is 1. The second-order valence-electron chi connectivity index (χ2n) is 5.63. The van der Waals surface area contributed by atoms with E-state index in [1.54, 1.807) is 0 Å². The van der Waals surface area contributed by atoms with Crippen LogP contribution < -0.4 is 0 Å². The summed E-state index contributed by atoms with van der Waals surface area (Å²) in [7, 11) is 0. The molecular weight excluding hydrogens is 214 g/mol. The average Bonchev–Trinajstić information content (AvgIpc) is 2.24. The molecule has 0 spiro atoms. The Morgan fingerprint density at radius 1 is 1.29 bits per heavy atom. The van der Waals surface area contributed by atoms with Gasteiger partial charge in [0.1, 0.15) is 0 Å². The average molecular weight is 241 g/mol. The lowest BCUT2D eigenvalue weighted by molar-refractivity contribution is -0.143. The van der Waals surface area contributed by atoms with Crippen LogP contribution in [0.4, 0.5) is 0 Å². The molecule has 0 aromatic carbocycles. The lowest BCUT2D eigenvalue weighted by Crippen LogP contribution is -2.57. The van der Waals surface area contributed by atoms with Crippen molar-refractivity contribution in [1.29, 1.82) is 0 Å². The van der Waals surface area contributed by atoms with Crippen LogP contribution in [0, 0.1) is 11.8 Å². The Bertz CT molecular complexity index is 263. The van der Waals surface area contributed by atoms with Crippen molar-refractivity contribution in [2.75, 3.05) is 13.1 Å². The molecule has 3 nitrogen and oxygen atoms in total. The van der Waals surface area contributed by atoms with Crippen LogP contribution in [0.3, 0.4) is 0 Å². The summed E-state index contributed by atoms with van der Waals surface area (Å²) in [6.07, 6.45) is 3.72. The number of carbonyl (C=O) groups is 1. The second-order valence-corrected chi connectivity index (χ2v) is 5.63. The summed E-state index contributed by atoms with van der Waals surface area (Å²) in [6.45, 7) is 10.7. The summed E-state index contributed by atoms with van der Waals surface area (Å²) in [6, 6.07) is 0. The molecule has 0 saturated heterocycles. The Balaban J connectivity index is 3.01. The van der Waals surface area contributed by atoms with Crippen molar-refractivity contribution in [3.63, 3.8) is 0 Å². The van der Waals surface area contributed by atoms with E-state index in [4.69, 9.17) is 0 Å². The van der Waals surface area contributed by atoms with Gasteiger partial charge in [0.25, 0.3) is 0 Å². The highest BCUT2D eigenvalue weighted by atomic mass is 16.4. The Kier molecular flexibility index (Phi) is 4.99. The Hall–Kier alpha value is -0.570. The van der Waals surface area contributed by atoms with E-state index in [0.29, 0.717) is 18.3 Å². The summed E-state index contributed by atoms with van der Waals surface area (Å²) < 4.78 is 0. The van der Waals surface area contributed by atoms with Crippen LogP contribution in [-0.4, -0.2) is 34.6 Å². The number of hydrogen-bond donors (Lipinski definition) is 1. The minimum atomic E-state index is -0.655. The molecule has 100 valence electrons. The minimum absolute atomic E-state index is 0.118. The van der Waals surface area contributed by atoms with Crippen LogP contribution >= 0.6 is 0 Å². The van der Waals surface area contributed by atoms with Gasteiger partial charge in [-0.15, -0.1) is 0 Å². The van der Waals surface area contributed by atoms with Crippen LogP contribution in [0.15, 0.2) is 0 Å². The molecule has 1 N–H and O–H groups in total. The quantitative estimate of drug-likeness (QED) is 0.804. The molecule has 0 aromatic rings. The zero-order chi connectivity index (χ0) is 13.1. The van der Waals surface area contributed by atoms with E-state index in [0.717, 1.165) is 25.9 Å². The van der Waals surface area contributed by atoms with Crippen molar-refractivity contribution in [1.82, 2.24) is 4.90 Å². The lowest BCUT2D eigenvalue weighted by Gasteiger charge is -2.51. The first-order valence-electron chi connectivity index (χ1n) is 6.93. The summed E-state index contributed by atoms with van der Waals surface area (Å²) in [4.78, 5) is 13.6. The molecule has 17 heavy (non-hydrogen) atoms. The first-order valence-corrected chi connectivity index (χ1v) is 6.93. The maximum absolute atomic E-state index is 11.2. The number of aliphatic carboxylic acids is 1. The van der Waals surface area contributed by atoms with Crippen molar-refractivity contribution in [2.45, 2.75) is 58.9 Å². The topological polar surface area (TPSA) is 40.5 Å². The van der Waals surface area contributed by atoms with Crippen LogP contribution in [0.1, 0.15) is 53.4 Å². The van der Waals surface area contributed by atoms with Gasteiger partial charge in [0, 0.05) is 5.54 Å². The Morgan fingerprint density at radius 2 is 1.88 bits per heavy atom. The first-order chi connectivity index (χ1) is 7.96. The molecule has 3 atom stereocenters. The molecule has 1 saturated carbocycles. The highest BCUT2D eigenvalue weighted by Crippen LogP contribution is 2.43. The molecule has 1 aliphatic rings. The van der Waals surface area contributed by atoms with Crippen molar-refractivity contribution >= 4 is 5.97 Å². The largest absolute Gasteiger partial charge is 0.481 e. The molecule has 0 aromatic heterocycles. The second kappa shape index (κ2) is 5.85. The summed E-state index contributed by atoms with van der Waals surface area (Å²) in [5, 5.41) is 9.25. The predicted molar refractivity (Wildman–Crippen MR) is 70.1 cm³/mol. The van der Waals surface area contributed by atoms with Crippen LogP contribution in [0.5, 0.6) is 0 Å². The highest BCUT2D eigenvalue weighted by Gasteiger charge is 2.45. The smallest absolute Gasteiger partial charge is 0.305 e. The van der Waals surface area contributed by atoms with E-state index < -0.39 is 5.97 Å². The number of nitrogens with zero attached hydrogens (tertiary/aromatic N) is 1. The molecule has 0 bridgehead atoms. The molecule has 0 aliphatic heterocycles. The van der Waals surface area contributed by atoms with Gasteiger partial charge in [0.05, 0.1) is 6.42 Å². The summed E-state index contributed by atoms with van der Waals surface area (Å²) >= 11 is 0. The highest BCUT2D eigenvalue weighted by molar-refractivity contribution is 5.68. The normalized spacial score (nSPS) is 33.9. The van der Waals surface area contributed by atoms with Crippen LogP contribution in [0.2, 0.25) is 0 Å². The van der Waals surface area contributed by atoms with Gasteiger partial charge in [-0.05, 0) is 37.8 Å². The molecule has 0 heterocycles. The van der Waals surface area contributed by atoms with Crippen molar-refractivity contribution in [3.05, 3.63) is 0 Å². The Morgan fingerprint density at radius 3 is 2.35 bits per heavy atom. The summed E-state index contributed by atoms with van der Waals surface area (Å²) in [5.41, 5.74) is -0.118. The standard InChI is InChI=1S/C14H27NO2/c1-5-15(6-2)14(10-13(16)17)9-11(3)7-8-12(14)4/h11-12H,5-10H2,1-4H3,(H,16,17). The van der Waals surface area contributed by atoms with Gasteiger partial charge in [0.2, 0.25) is 0 Å². The number of carboxylic acid groups (broad SMARTS) is 1. The minimum Gasteiger partial charge on any atom is -0.481 e. The van der Waals surface area contributed by atoms with E-state index in [1.807, 2.05) is 0 Å². The first kappa shape index (κ1) is 14.5. The van der Waals surface area contributed by atoms with E-state index in [1.165, 1.54) is 6.42 Å². The Labute approximate surface area is 105 Å². The molecule has 3 unspecified atom stereocenters. The molecule has 1 aliphatic carbocycles. The number of hydrogen-bond acceptors (Lipinski definition) is 2. The zero-order valence-corrected chi connectivity index (χ0v) is 11.7. The number of rotatable bonds is 5. The van der Waals surface area contributed by atoms with Gasteiger partial charge < -0.3 is 5.11 Å². The van der Waals surface area contributed by atoms with Gasteiger partial charge >= 0.3 is 5.97 Å². The molecule has 0 amide bonds. The third kappa shape index (κ3) is 3.01. The summed E-state index contributed by atoms with van der Waals surface area (Å²) in [5.74, 6) is 0.471. The molecule has 0 radical (unpaired) electrons. The lowest BCUT2D eigenvalue weighted by atomic mass is 9.67. The van der Waals surface area contributed by atoms with E-state index in [-0.39, 0.29) is 5.54 Å². The van der Waals surface area contributed by atoms with Crippen molar-refractivity contribution in [3.8, 4) is 0 Å². The maximum Gasteiger partial charge on any atom is 0.305 e. The van der Waals surface area contributed by atoms with Gasteiger partial charge in [-0.3, -0.25) is 9.69 Å². The van der Waals surface area contributed by atoms with Crippen LogP contribution in [0.25, 0.3) is 0 Å². The van der Waals surface area contributed by atoms with E-state index in [2.05, 4.69) is 32.6 Å². The SMILES string of the molecule is CCN(CC)C1(CC(=O)O)CC(C)CCC1C. The fourth-order valence-electron chi connectivity index (χ4n) is 3.62. The fourth-order valence-corrected chi connectivity index (χ4v) is 3.62. The van der Waals surface area contributed by atoms with E-state index in [9.17, 15) is 9.90 Å². The third-order valence-electron chi connectivity index (χ3n) is 4.56. The maximum atomic E-state index is 11.2. The van der Waals surface area contributed by atoms with Gasteiger partial charge in [-0.1, -0.05) is 34.1 Å². The van der Waals surface area contributed by atoms with Crippen molar-refractivity contribution < 1.29 is 9.90 Å². The zero-order valence-electron chi connectivity index (χ0n) is 11.7. The van der Waals surface area contributed by atoms with Gasteiger partial charge in [0.15, 0.2) is 0 Å². The molecule has 1 fully saturated rings. The van der Waals surface area contributed by atoms with Crippen molar-refractivity contribution in [2.24, 2.45) is 11.8 Å². The van der Waals surface area contributed by atoms with Crippen LogP contribution in [-0.2, 0) is 4.79 Å². The monoisotopic (exact) mass is 241 g/mol. The van der Waals surface area contributed by atoms with Gasteiger partial charge in [-0.25, -0.2) is 0 Å². The van der Waals surface area contributed by atoms with E-state index >= 15 is 0 Å². The molecule has 1 rings (SSSR count). The fraction of sp³-hybridized carbons (Fsp3) is 0.929. The molecule has 3 heteroatoms.